The molecule has 0 radical (unpaired) electrons. The normalized spacial score (nSPS) is 17.6. The number of alkyl halides is 4. The van der Waals surface area contributed by atoms with E-state index >= 15 is 0 Å². The third-order valence-electron chi connectivity index (χ3n) is 7.37. The SMILES string of the molecule is COc1cc(C(=O)NCC(C)NC(N)=O)ccc1NCC#Cc1cc2c(N[C@@H]3CCN(C)C[C@@H]3F)cccc2n1CC(F)(F)F. The van der Waals surface area contributed by atoms with Gasteiger partial charge in [-0.2, -0.15) is 13.2 Å². The van der Waals surface area contributed by atoms with Gasteiger partial charge in [-0.05, 0) is 62.7 Å². The monoisotopic (exact) mass is 631 g/mol. The fourth-order valence-electron chi connectivity index (χ4n) is 5.18. The van der Waals surface area contributed by atoms with Crippen LogP contribution in [0.1, 0.15) is 29.4 Å². The maximum absolute atomic E-state index is 14.7. The number of primary amides is 1. The van der Waals surface area contributed by atoms with Gasteiger partial charge in [-0.3, -0.25) is 4.79 Å². The number of carbonyl (C=O) groups is 2. The van der Waals surface area contributed by atoms with Crippen molar-refractivity contribution in [1.82, 2.24) is 20.1 Å². The number of nitrogens with zero attached hydrogens (tertiary/aromatic N) is 2. The number of benzene rings is 2. The van der Waals surface area contributed by atoms with Crippen LogP contribution in [0.3, 0.4) is 0 Å². The number of rotatable bonds is 10. The quantitative estimate of drug-likeness (QED) is 0.171. The molecule has 1 aliphatic rings. The second-order valence-corrected chi connectivity index (χ2v) is 11.0. The van der Waals surface area contributed by atoms with Gasteiger partial charge in [-0.25, -0.2) is 9.18 Å². The smallest absolute Gasteiger partial charge is 0.406 e. The highest BCUT2D eigenvalue weighted by Gasteiger charge is 2.31. The van der Waals surface area contributed by atoms with Crippen molar-refractivity contribution in [1.29, 1.82) is 0 Å². The minimum Gasteiger partial charge on any atom is -0.495 e. The van der Waals surface area contributed by atoms with Crippen LogP contribution in [0.4, 0.5) is 33.7 Å². The number of fused-ring (bicyclic) bond motifs is 1. The van der Waals surface area contributed by atoms with Crippen molar-refractivity contribution in [3.63, 3.8) is 0 Å². The van der Waals surface area contributed by atoms with E-state index in [1.165, 1.54) is 13.2 Å². The van der Waals surface area contributed by atoms with Crippen LogP contribution in [0.5, 0.6) is 5.75 Å². The van der Waals surface area contributed by atoms with E-state index in [0.717, 1.165) is 4.57 Å². The van der Waals surface area contributed by atoms with Crippen molar-refractivity contribution in [3.8, 4) is 17.6 Å². The Morgan fingerprint density at radius 1 is 1.18 bits per heavy atom. The van der Waals surface area contributed by atoms with Crippen LogP contribution in [0.25, 0.3) is 10.9 Å². The van der Waals surface area contributed by atoms with Crippen LogP contribution in [0, 0.1) is 11.8 Å². The first-order chi connectivity index (χ1) is 21.3. The molecule has 0 bridgehead atoms. The number of halogens is 4. The summed E-state index contributed by atoms with van der Waals surface area (Å²) in [4.78, 5) is 25.4. The zero-order valence-electron chi connectivity index (χ0n) is 25.2. The van der Waals surface area contributed by atoms with Gasteiger partial charge in [0.2, 0.25) is 0 Å². The molecule has 3 amide bonds. The number of anilines is 2. The first kappa shape index (κ1) is 33.3. The van der Waals surface area contributed by atoms with E-state index in [1.54, 1.807) is 43.3 Å². The molecule has 0 aliphatic carbocycles. The molecule has 1 fully saturated rings. The van der Waals surface area contributed by atoms with Gasteiger partial charge >= 0.3 is 12.2 Å². The molecule has 242 valence electrons. The van der Waals surface area contributed by atoms with Gasteiger partial charge in [0.1, 0.15) is 18.5 Å². The van der Waals surface area contributed by atoms with Crippen molar-refractivity contribution in [2.24, 2.45) is 5.73 Å². The number of ether oxygens (including phenoxy) is 1. The van der Waals surface area contributed by atoms with E-state index in [9.17, 15) is 27.2 Å². The Labute approximate surface area is 258 Å². The Kier molecular flexibility index (Phi) is 10.7. The molecule has 10 nitrogen and oxygen atoms in total. The third kappa shape index (κ3) is 8.95. The highest BCUT2D eigenvalue weighted by atomic mass is 19.4. The van der Waals surface area contributed by atoms with Gasteiger partial charge < -0.3 is 41.2 Å². The molecule has 1 unspecified atom stereocenters. The summed E-state index contributed by atoms with van der Waals surface area (Å²) in [5, 5.41) is 12.0. The molecule has 1 aromatic heterocycles. The van der Waals surface area contributed by atoms with Crippen molar-refractivity contribution in [2.75, 3.05) is 51.0 Å². The number of aromatic nitrogens is 1. The predicted molar refractivity (Wildman–Crippen MR) is 165 cm³/mol. The topological polar surface area (TPSA) is 126 Å². The summed E-state index contributed by atoms with van der Waals surface area (Å²) in [7, 11) is 3.28. The molecule has 1 aliphatic heterocycles. The second kappa shape index (κ2) is 14.4. The van der Waals surface area contributed by atoms with E-state index in [4.69, 9.17) is 10.5 Å². The number of likely N-dealkylation sites (tertiary alicyclic amines) is 1. The third-order valence-corrected chi connectivity index (χ3v) is 7.37. The average Bonchev–Trinajstić information content (AvgIpc) is 3.31. The molecular formula is C31H37F4N7O3. The average molecular weight is 632 g/mol. The Balaban J connectivity index is 1.50. The van der Waals surface area contributed by atoms with Gasteiger partial charge in [-0.15, -0.1) is 0 Å². The lowest BCUT2D eigenvalue weighted by molar-refractivity contribution is -0.140. The van der Waals surface area contributed by atoms with Crippen LogP contribution >= 0.6 is 0 Å². The molecular weight excluding hydrogens is 594 g/mol. The van der Waals surface area contributed by atoms with E-state index in [1.807, 2.05) is 11.9 Å². The summed E-state index contributed by atoms with van der Waals surface area (Å²) >= 11 is 0. The van der Waals surface area contributed by atoms with Crippen LogP contribution in [0.15, 0.2) is 42.5 Å². The summed E-state index contributed by atoms with van der Waals surface area (Å²) in [6.45, 7) is 1.68. The van der Waals surface area contributed by atoms with Gasteiger partial charge in [0.15, 0.2) is 0 Å². The Hall–Kier alpha value is -4.64. The Bertz CT molecular complexity index is 1580. The molecule has 4 rings (SSSR count). The predicted octanol–water partition coefficient (Wildman–Crippen LogP) is 3.92. The standard InChI is InChI=1S/C31H37F4N7O3/c1-19(39-30(36)44)16-38-29(43)20-9-10-26(28(14-20)45-3)37-12-5-6-21-15-22-24(40-25-11-13-41(2)17-23(25)32)7-4-8-27(22)42(21)18-31(33,34)35/h4,7-10,14-15,19,23,25,37,40H,11-13,16-18H2,1-3H3,(H,38,43)(H3,36,39,44)/t19?,23-,25+/m0/s1. The van der Waals surface area contributed by atoms with Crippen molar-refractivity contribution in [3.05, 3.63) is 53.7 Å². The number of nitrogens with one attached hydrogen (secondary N) is 4. The van der Waals surface area contributed by atoms with Gasteiger partial charge in [0.25, 0.3) is 5.91 Å². The number of methoxy groups -OCH3 is 1. The van der Waals surface area contributed by atoms with Gasteiger partial charge in [0.05, 0.1) is 36.6 Å². The van der Waals surface area contributed by atoms with E-state index in [2.05, 4.69) is 33.1 Å². The highest BCUT2D eigenvalue weighted by molar-refractivity contribution is 5.95. The number of hydrogen-bond donors (Lipinski definition) is 5. The number of nitrogens with two attached hydrogens (primary N) is 1. The molecule has 6 N–H and O–H groups in total. The molecule has 0 spiro atoms. The number of amides is 3. The van der Waals surface area contributed by atoms with Crippen LogP contribution in [0.2, 0.25) is 0 Å². The van der Waals surface area contributed by atoms with Gasteiger partial charge in [0, 0.05) is 42.3 Å². The zero-order chi connectivity index (χ0) is 32.7. The maximum Gasteiger partial charge on any atom is 0.406 e. The maximum atomic E-state index is 14.7. The Morgan fingerprint density at radius 2 is 1.96 bits per heavy atom. The second-order valence-electron chi connectivity index (χ2n) is 11.0. The number of piperidine rings is 1. The van der Waals surface area contributed by atoms with Crippen molar-refractivity contribution in [2.45, 2.75) is 44.3 Å². The lowest BCUT2D eigenvalue weighted by Crippen LogP contribution is -2.46. The fourth-order valence-corrected chi connectivity index (χ4v) is 5.18. The van der Waals surface area contributed by atoms with Crippen molar-refractivity contribution < 1.29 is 31.9 Å². The molecule has 45 heavy (non-hydrogen) atoms. The van der Waals surface area contributed by atoms with Crippen molar-refractivity contribution >= 4 is 34.2 Å². The minimum atomic E-state index is -4.49. The highest BCUT2D eigenvalue weighted by Crippen LogP contribution is 2.32. The molecule has 3 atom stereocenters. The summed E-state index contributed by atoms with van der Waals surface area (Å²) in [5.74, 6) is 5.69. The van der Waals surface area contributed by atoms with Crippen LogP contribution in [-0.4, -0.2) is 86.2 Å². The molecule has 3 aromatic rings. The molecule has 2 aromatic carbocycles. The number of carbonyl (C=O) groups excluding carboxylic acids is 2. The first-order valence-corrected chi connectivity index (χ1v) is 14.4. The molecule has 2 heterocycles. The Morgan fingerprint density at radius 3 is 2.64 bits per heavy atom. The first-order valence-electron chi connectivity index (χ1n) is 14.4. The van der Waals surface area contributed by atoms with Crippen LogP contribution < -0.4 is 31.7 Å². The molecule has 1 saturated heterocycles. The minimum absolute atomic E-state index is 0.0655. The summed E-state index contributed by atoms with van der Waals surface area (Å²) < 4.78 is 62.0. The lowest BCUT2D eigenvalue weighted by Gasteiger charge is -2.33. The van der Waals surface area contributed by atoms with E-state index < -0.39 is 31.0 Å². The fraction of sp³-hybridized carbons (Fsp3) is 0.419. The number of hydrogen-bond acceptors (Lipinski definition) is 6. The molecule has 14 heteroatoms. The zero-order valence-corrected chi connectivity index (χ0v) is 25.2. The van der Waals surface area contributed by atoms with Crippen LogP contribution in [-0.2, 0) is 6.54 Å². The molecule has 0 saturated carbocycles. The number of urea groups is 1. The van der Waals surface area contributed by atoms with E-state index in [0.29, 0.717) is 46.6 Å². The summed E-state index contributed by atoms with van der Waals surface area (Å²) in [5.41, 5.74) is 6.98. The van der Waals surface area contributed by atoms with E-state index in [-0.39, 0.29) is 37.3 Å². The summed E-state index contributed by atoms with van der Waals surface area (Å²) in [6.07, 6.45) is -5.03. The van der Waals surface area contributed by atoms with Gasteiger partial charge in [-0.1, -0.05) is 12.0 Å². The summed E-state index contributed by atoms with van der Waals surface area (Å²) in [6, 6.07) is 9.77. The largest absolute Gasteiger partial charge is 0.495 e. The lowest BCUT2D eigenvalue weighted by atomic mass is 10.0.